The maximum Gasteiger partial charge on any atom is 0.246 e. The molecular weight excluding hydrogens is 358 g/mol. The second-order valence-electron chi connectivity index (χ2n) is 6.13. The van der Waals surface area contributed by atoms with Crippen LogP contribution in [-0.4, -0.2) is 63.2 Å². The number of nitrogens with zero attached hydrogens (tertiary/aromatic N) is 3. The molecule has 1 aromatic heterocycles. The van der Waals surface area contributed by atoms with Gasteiger partial charge in [0.25, 0.3) is 0 Å². The number of rotatable bonds is 6. The molecule has 2 aromatic rings. The summed E-state index contributed by atoms with van der Waals surface area (Å²) >= 11 is 0. The van der Waals surface area contributed by atoms with E-state index in [1.807, 2.05) is 13.0 Å². The van der Waals surface area contributed by atoms with Gasteiger partial charge in [-0.15, -0.1) is 0 Å². The lowest BCUT2D eigenvalue weighted by Crippen LogP contribution is -2.48. The Morgan fingerprint density at radius 3 is 2.42 bits per heavy atom. The van der Waals surface area contributed by atoms with Gasteiger partial charge >= 0.3 is 0 Å². The predicted octanol–water partition coefficient (Wildman–Crippen LogP) is 1.51. The van der Waals surface area contributed by atoms with Crippen LogP contribution in [-0.2, 0) is 16.6 Å². The Balaban J connectivity index is 1.72. The molecule has 0 bridgehead atoms. The normalized spacial score (nSPS) is 16.6. The summed E-state index contributed by atoms with van der Waals surface area (Å²) < 4.78 is 43.0. The zero-order chi connectivity index (χ0) is 18.7. The fourth-order valence-electron chi connectivity index (χ4n) is 2.97. The van der Waals surface area contributed by atoms with E-state index in [2.05, 4.69) is 10.1 Å². The first-order valence-corrected chi connectivity index (χ1v) is 9.75. The molecule has 0 saturated carbocycles. The highest BCUT2D eigenvalue weighted by Gasteiger charge is 2.31. The molecule has 0 atom stereocenters. The quantitative estimate of drug-likeness (QED) is 0.750. The van der Waals surface area contributed by atoms with Crippen molar-refractivity contribution in [1.82, 2.24) is 14.4 Å². The van der Waals surface area contributed by atoms with Crippen molar-refractivity contribution in [3.63, 3.8) is 0 Å². The molecule has 1 aliphatic heterocycles. The Kier molecular flexibility index (Phi) is 5.49. The van der Waals surface area contributed by atoms with Crippen molar-refractivity contribution in [3.8, 4) is 11.5 Å². The first-order chi connectivity index (χ1) is 12.4. The molecular formula is C17H23N3O5S. The zero-order valence-electron chi connectivity index (χ0n) is 15.1. The van der Waals surface area contributed by atoms with Crippen LogP contribution < -0.4 is 9.47 Å². The lowest BCUT2D eigenvalue weighted by Gasteiger charge is -2.33. The Morgan fingerprint density at radius 1 is 1.12 bits per heavy atom. The summed E-state index contributed by atoms with van der Waals surface area (Å²) in [6.07, 6.45) is 0. The number of sulfonamides is 1. The van der Waals surface area contributed by atoms with Gasteiger partial charge in [-0.1, -0.05) is 5.16 Å². The van der Waals surface area contributed by atoms with Crippen LogP contribution in [0.15, 0.2) is 33.7 Å². The van der Waals surface area contributed by atoms with E-state index in [0.29, 0.717) is 44.2 Å². The Hall–Kier alpha value is -2.10. The van der Waals surface area contributed by atoms with Gasteiger partial charge in [-0.2, -0.15) is 4.31 Å². The van der Waals surface area contributed by atoms with Crippen molar-refractivity contribution in [1.29, 1.82) is 0 Å². The minimum Gasteiger partial charge on any atom is -0.497 e. The molecule has 2 heterocycles. The monoisotopic (exact) mass is 381 g/mol. The van der Waals surface area contributed by atoms with Crippen molar-refractivity contribution in [2.45, 2.75) is 18.4 Å². The fourth-order valence-corrected chi connectivity index (χ4v) is 4.57. The summed E-state index contributed by atoms with van der Waals surface area (Å²) in [7, 11) is -0.702. The number of ether oxygens (including phenoxy) is 2. The number of piperazine rings is 1. The van der Waals surface area contributed by atoms with E-state index >= 15 is 0 Å². The van der Waals surface area contributed by atoms with Crippen molar-refractivity contribution in [2.24, 2.45) is 0 Å². The summed E-state index contributed by atoms with van der Waals surface area (Å²) in [6, 6.07) is 6.67. The average Bonchev–Trinajstić information content (AvgIpc) is 3.06. The molecule has 0 aliphatic carbocycles. The van der Waals surface area contributed by atoms with Gasteiger partial charge in [0.05, 0.1) is 19.9 Å². The Labute approximate surface area is 153 Å². The highest BCUT2D eigenvalue weighted by molar-refractivity contribution is 7.89. The maximum absolute atomic E-state index is 13.0. The third kappa shape index (κ3) is 3.84. The van der Waals surface area contributed by atoms with Crippen molar-refractivity contribution < 1.29 is 22.4 Å². The van der Waals surface area contributed by atoms with E-state index in [9.17, 15) is 8.42 Å². The van der Waals surface area contributed by atoms with Gasteiger partial charge < -0.3 is 14.0 Å². The number of aromatic nitrogens is 1. The Bertz CT molecular complexity index is 857. The summed E-state index contributed by atoms with van der Waals surface area (Å²) in [4.78, 5) is 2.28. The van der Waals surface area contributed by atoms with Crippen LogP contribution in [0.5, 0.6) is 11.5 Å². The molecule has 1 aromatic carbocycles. The highest BCUT2D eigenvalue weighted by Crippen LogP contribution is 2.31. The summed E-state index contributed by atoms with van der Waals surface area (Å²) in [5.74, 6) is 1.56. The number of methoxy groups -OCH3 is 2. The summed E-state index contributed by atoms with van der Waals surface area (Å²) in [5, 5.41) is 3.99. The minimum absolute atomic E-state index is 0.125. The van der Waals surface area contributed by atoms with Crippen LogP contribution >= 0.6 is 0 Å². The van der Waals surface area contributed by atoms with Crippen LogP contribution in [0.25, 0.3) is 0 Å². The van der Waals surface area contributed by atoms with E-state index in [1.54, 1.807) is 12.1 Å². The van der Waals surface area contributed by atoms with Crippen LogP contribution in [0.1, 0.15) is 11.5 Å². The molecule has 8 nitrogen and oxygen atoms in total. The minimum atomic E-state index is -3.66. The van der Waals surface area contributed by atoms with Crippen LogP contribution in [0.3, 0.4) is 0 Å². The topological polar surface area (TPSA) is 85.1 Å². The first kappa shape index (κ1) is 18.7. The van der Waals surface area contributed by atoms with Gasteiger partial charge in [-0.25, -0.2) is 8.42 Å². The van der Waals surface area contributed by atoms with Gasteiger partial charge in [-0.3, -0.25) is 4.90 Å². The molecule has 1 aliphatic rings. The average molecular weight is 381 g/mol. The molecule has 0 N–H and O–H groups in total. The first-order valence-electron chi connectivity index (χ1n) is 8.31. The molecule has 0 amide bonds. The van der Waals surface area contributed by atoms with Gasteiger partial charge in [0.15, 0.2) is 0 Å². The van der Waals surface area contributed by atoms with E-state index in [1.165, 1.54) is 24.6 Å². The third-order valence-electron chi connectivity index (χ3n) is 4.38. The number of benzene rings is 1. The third-order valence-corrected chi connectivity index (χ3v) is 6.30. The molecule has 0 radical (unpaired) electrons. The molecule has 9 heteroatoms. The molecule has 26 heavy (non-hydrogen) atoms. The fraction of sp³-hybridized carbons (Fsp3) is 0.471. The number of hydrogen-bond donors (Lipinski definition) is 0. The second-order valence-corrected chi connectivity index (χ2v) is 8.03. The van der Waals surface area contributed by atoms with Crippen molar-refractivity contribution in [2.75, 3.05) is 40.4 Å². The SMILES string of the molecule is COc1ccc(OC)c(S(=O)(=O)N2CCN(Cc3cc(C)on3)CC2)c1. The summed E-state index contributed by atoms with van der Waals surface area (Å²) in [6.45, 7) is 4.55. The molecule has 3 rings (SSSR count). The van der Waals surface area contributed by atoms with Gasteiger partial charge in [-0.05, 0) is 19.1 Å². The smallest absolute Gasteiger partial charge is 0.246 e. The van der Waals surface area contributed by atoms with Crippen molar-refractivity contribution in [3.05, 3.63) is 35.7 Å². The predicted molar refractivity (Wildman–Crippen MR) is 94.8 cm³/mol. The highest BCUT2D eigenvalue weighted by atomic mass is 32.2. The Morgan fingerprint density at radius 2 is 1.85 bits per heavy atom. The number of hydrogen-bond acceptors (Lipinski definition) is 7. The zero-order valence-corrected chi connectivity index (χ0v) is 16.0. The molecule has 142 valence electrons. The second kappa shape index (κ2) is 7.65. The molecule has 0 unspecified atom stereocenters. The number of aryl methyl sites for hydroxylation is 1. The van der Waals surface area contributed by atoms with E-state index in [0.717, 1.165) is 11.5 Å². The van der Waals surface area contributed by atoms with Crippen LogP contribution in [0.4, 0.5) is 0 Å². The largest absolute Gasteiger partial charge is 0.497 e. The molecule has 0 spiro atoms. The lowest BCUT2D eigenvalue weighted by atomic mass is 10.3. The van der Waals surface area contributed by atoms with Gasteiger partial charge in [0.2, 0.25) is 10.0 Å². The molecule has 1 fully saturated rings. The standard InChI is InChI=1S/C17H23N3O5S/c1-13-10-14(18-25-13)12-19-6-8-20(9-7-19)26(21,22)17-11-15(23-2)4-5-16(17)24-3/h4-5,10-11H,6-9,12H2,1-3H3. The van der Waals surface area contributed by atoms with E-state index < -0.39 is 10.0 Å². The van der Waals surface area contributed by atoms with Crippen molar-refractivity contribution >= 4 is 10.0 Å². The lowest BCUT2D eigenvalue weighted by molar-refractivity contribution is 0.177. The van der Waals surface area contributed by atoms with E-state index in [4.69, 9.17) is 14.0 Å². The molecule has 1 saturated heterocycles. The van der Waals surface area contributed by atoms with E-state index in [-0.39, 0.29) is 4.90 Å². The summed E-state index contributed by atoms with van der Waals surface area (Å²) in [5.41, 5.74) is 0.855. The van der Waals surface area contributed by atoms with Crippen LogP contribution in [0.2, 0.25) is 0 Å². The van der Waals surface area contributed by atoms with Gasteiger partial charge in [0, 0.05) is 44.9 Å². The maximum atomic E-state index is 13.0. The van der Waals surface area contributed by atoms with Gasteiger partial charge in [0.1, 0.15) is 22.2 Å². The van der Waals surface area contributed by atoms with Crippen LogP contribution in [0, 0.1) is 6.92 Å².